The average Bonchev–Trinajstić information content (AvgIpc) is 2.19. The minimum Gasteiger partial charge on any atom is -0.329 e. The van der Waals surface area contributed by atoms with Gasteiger partial charge in [-0.2, -0.15) is 0 Å². The summed E-state index contributed by atoms with van der Waals surface area (Å²) in [6, 6.07) is 0. The topological polar surface area (TPSA) is 63.4 Å². The number of hydrogen-bond donors (Lipinski definition) is 1. The lowest BCUT2D eigenvalue weighted by Gasteiger charge is -2.40. The second kappa shape index (κ2) is 6.57. The summed E-state index contributed by atoms with van der Waals surface area (Å²) in [6.45, 7) is 5.66. The summed E-state index contributed by atoms with van der Waals surface area (Å²) in [5.41, 5.74) is 5.85. The summed E-state index contributed by atoms with van der Waals surface area (Å²) in [5, 5.41) is 0. The Hall–Kier alpha value is -0.130. The molecule has 2 N–H and O–H groups in total. The van der Waals surface area contributed by atoms with Crippen LogP contribution >= 0.6 is 0 Å². The number of rotatable bonds is 8. The smallest absolute Gasteiger partial charge is 0.147 e. The number of nitrogens with zero attached hydrogens (tertiary/aromatic N) is 1. The third kappa shape index (κ3) is 4.80. The molecule has 0 aliphatic rings. The van der Waals surface area contributed by atoms with E-state index < -0.39 is 9.84 Å². The molecular formula is C11H26N2O2S. The van der Waals surface area contributed by atoms with E-state index in [1.165, 1.54) is 6.26 Å². The molecule has 0 atom stereocenters. The summed E-state index contributed by atoms with van der Waals surface area (Å²) >= 11 is 0. The monoisotopic (exact) mass is 250 g/mol. The highest BCUT2D eigenvalue weighted by Gasteiger charge is 2.28. The van der Waals surface area contributed by atoms with Crippen LogP contribution in [0, 0.1) is 0 Å². The van der Waals surface area contributed by atoms with Gasteiger partial charge in [0.25, 0.3) is 0 Å². The van der Waals surface area contributed by atoms with E-state index in [1.807, 2.05) is 7.05 Å². The zero-order valence-electron chi connectivity index (χ0n) is 11.0. The van der Waals surface area contributed by atoms with Gasteiger partial charge in [-0.3, -0.25) is 4.90 Å². The molecule has 0 spiro atoms. The summed E-state index contributed by atoms with van der Waals surface area (Å²) in [5.74, 6) is 0.255. The fourth-order valence-electron chi connectivity index (χ4n) is 2.04. The number of sulfone groups is 1. The van der Waals surface area contributed by atoms with Crippen molar-refractivity contribution in [3.8, 4) is 0 Å². The fourth-order valence-corrected chi connectivity index (χ4v) is 2.69. The lowest BCUT2D eigenvalue weighted by atomic mass is 9.91. The van der Waals surface area contributed by atoms with Crippen LogP contribution in [0.3, 0.4) is 0 Å². The third-order valence-electron chi connectivity index (χ3n) is 3.51. The van der Waals surface area contributed by atoms with Crippen molar-refractivity contribution in [3.05, 3.63) is 0 Å². The van der Waals surface area contributed by atoms with Crippen LogP contribution in [0.25, 0.3) is 0 Å². The van der Waals surface area contributed by atoms with E-state index >= 15 is 0 Å². The molecule has 0 aromatic carbocycles. The quantitative estimate of drug-likeness (QED) is 0.694. The van der Waals surface area contributed by atoms with E-state index in [4.69, 9.17) is 5.73 Å². The van der Waals surface area contributed by atoms with Crippen LogP contribution in [0.5, 0.6) is 0 Å². The standard InChI is InChI=1S/C11H26N2O2S/c1-5-11(6-2,10-12)13(3)8-7-9-16(4,14)15/h5-10,12H2,1-4H3. The van der Waals surface area contributed by atoms with E-state index in [-0.39, 0.29) is 11.3 Å². The van der Waals surface area contributed by atoms with Crippen LogP contribution < -0.4 is 5.73 Å². The first-order valence-corrected chi connectivity index (χ1v) is 7.96. The van der Waals surface area contributed by atoms with Gasteiger partial charge in [0.15, 0.2) is 0 Å². The van der Waals surface area contributed by atoms with Crippen LogP contribution in [-0.4, -0.2) is 51.0 Å². The van der Waals surface area contributed by atoms with E-state index in [0.717, 1.165) is 19.4 Å². The largest absolute Gasteiger partial charge is 0.329 e. The van der Waals surface area contributed by atoms with E-state index in [0.29, 0.717) is 13.0 Å². The average molecular weight is 250 g/mol. The van der Waals surface area contributed by atoms with Gasteiger partial charge in [-0.25, -0.2) is 8.42 Å². The Bertz CT molecular complexity index is 276. The first-order chi connectivity index (χ1) is 7.31. The Morgan fingerprint density at radius 2 is 1.75 bits per heavy atom. The second-order valence-electron chi connectivity index (χ2n) is 4.54. The van der Waals surface area contributed by atoms with Crippen molar-refractivity contribution >= 4 is 9.84 Å². The van der Waals surface area contributed by atoms with Gasteiger partial charge in [0.2, 0.25) is 0 Å². The molecule has 0 bridgehead atoms. The van der Waals surface area contributed by atoms with Gasteiger partial charge in [-0.05, 0) is 32.9 Å². The Balaban J connectivity index is 4.27. The van der Waals surface area contributed by atoms with Gasteiger partial charge < -0.3 is 5.73 Å². The molecule has 0 aromatic rings. The highest BCUT2D eigenvalue weighted by molar-refractivity contribution is 7.90. The first-order valence-electron chi connectivity index (χ1n) is 5.90. The second-order valence-corrected chi connectivity index (χ2v) is 6.80. The van der Waals surface area contributed by atoms with Crippen LogP contribution in [0.1, 0.15) is 33.1 Å². The van der Waals surface area contributed by atoms with Crippen molar-refractivity contribution in [2.75, 3.05) is 32.1 Å². The molecule has 0 aliphatic carbocycles. The summed E-state index contributed by atoms with van der Waals surface area (Å²) in [4.78, 5) is 2.21. The Morgan fingerprint density at radius 1 is 1.25 bits per heavy atom. The highest BCUT2D eigenvalue weighted by Crippen LogP contribution is 2.21. The molecular weight excluding hydrogens is 224 g/mol. The summed E-state index contributed by atoms with van der Waals surface area (Å²) in [7, 11) is -0.813. The third-order valence-corrected chi connectivity index (χ3v) is 4.54. The molecule has 0 aromatic heterocycles. The van der Waals surface area contributed by atoms with Gasteiger partial charge in [0.1, 0.15) is 9.84 Å². The van der Waals surface area contributed by atoms with Crippen LogP contribution in [-0.2, 0) is 9.84 Å². The fraction of sp³-hybridized carbons (Fsp3) is 1.00. The Kier molecular flexibility index (Phi) is 6.51. The molecule has 5 heteroatoms. The number of nitrogens with two attached hydrogens (primary N) is 1. The molecule has 0 rings (SSSR count). The Labute approximate surface area is 100 Å². The van der Waals surface area contributed by atoms with Crippen molar-refractivity contribution < 1.29 is 8.42 Å². The van der Waals surface area contributed by atoms with E-state index in [9.17, 15) is 8.42 Å². The minimum atomic E-state index is -2.84. The van der Waals surface area contributed by atoms with Crippen molar-refractivity contribution in [2.24, 2.45) is 5.73 Å². The van der Waals surface area contributed by atoms with Gasteiger partial charge in [-0.15, -0.1) is 0 Å². The van der Waals surface area contributed by atoms with E-state index in [2.05, 4.69) is 18.7 Å². The molecule has 0 radical (unpaired) electrons. The van der Waals surface area contributed by atoms with Crippen molar-refractivity contribution in [3.63, 3.8) is 0 Å². The van der Waals surface area contributed by atoms with Gasteiger partial charge in [0.05, 0.1) is 5.75 Å². The van der Waals surface area contributed by atoms with Crippen LogP contribution in [0.2, 0.25) is 0 Å². The maximum Gasteiger partial charge on any atom is 0.147 e. The van der Waals surface area contributed by atoms with Gasteiger partial charge in [0, 0.05) is 18.3 Å². The first kappa shape index (κ1) is 15.9. The molecule has 0 unspecified atom stereocenters. The molecule has 0 saturated carbocycles. The maximum atomic E-state index is 11.0. The molecule has 0 saturated heterocycles. The zero-order valence-corrected chi connectivity index (χ0v) is 11.8. The molecule has 4 nitrogen and oxygen atoms in total. The lowest BCUT2D eigenvalue weighted by Crippen LogP contribution is -2.51. The highest BCUT2D eigenvalue weighted by atomic mass is 32.2. The summed E-state index contributed by atoms with van der Waals surface area (Å²) in [6.07, 6.45) is 3.95. The Morgan fingerprint density at radius 3 is 2.06 bits per heavy atom. The molecule has 98 valence electrons. The number of likely N-dealkylation sites (N-methyl/N-ethyl adjacent to an activating group) is 1. The molecule has 0 heterocycles. The maximum absolute atomic E-state index is 11.0. The molecule has 0 fully saturated rings. The van der Waals surface area contributed by atoms with Crippen molar-refractivity contribution in [2.45, 2.75) is 38.6 Å². The van der Waals surface area contributed by atoms with Gasteiger partial charge >= 0.3 is 0 Å². The SMILES string of the molecule is CCC(CC)(CN)N(C)CCCS(C)(=O)=O. The molecule has 0 amide bonds. The normalized spacial score (nSPS) is 13.4. The van der Waals surface area contributed by atoms with Crippen LogP contribution in [0.4, 0.5) is 0 Å². The summed E-state index contributed by atoms with van der Waals surface area (Å²) < 4.78 is 22.1. The number of hydrogen-bond acceptors (Lipinski definition) is 4. The molecule has 0 aliphatic heterocycles. The lowest BCUT2D eigenvalue weighted by molar-refractivity contribution is 0.116. The molecule has 16 heavy (non-hydrogen) atoms. The zero-order chi connectivity index (χ0) is 12.8. The predicted molar refractivity (Wildman–Crippen MR) is 69.3 cm³/mol. The van der Waals surface area contributed by atoms with Gasteiger partial charge in [-0.1, -0.05) is 13.8 Å². The minimum absolute atomic E-state index is 0.0253. The van der Waals surface area contributed by atoms with Crippen molar-refractivity contribution in [1.82, 2.24) is 4.90 Å². The van der Waals surface area contributed by atoms with E-state index in [1.54, 1.807) is 0 Å². The van der Waals surface area contributed by atoms with Crippen molar-refractivity contribution in [1.29, 1.82) is 0 Å². The predicted octanol–water partition coefficient (Wildman–Crippen LogP) is 0.870. The van der Waals surface area contributed by atoms with Crippen LogP contribution in [0.15, 0.2) is 0 Å².